The Morgan fingerprint density at radius 2 is 1.37 bits per heavy atom. The Labute approximate surface area is 162 Å². The van der Waals surface area contributed by atoms with E-state index in [9.17, 15) is 0 Å². The summed E-state index contributed by atoms with van der Waals surface area (Å²) < 4.78 is 11.8. The molecule has 0 saturated carbocycles. The van der Waals surface area contributed by atoms with Crippen LogP contribution in [0.25, 0.3) is 0 Å². The number of hydrogen-bond acceptors (Lipinski definition) is 3. The van der Waals surface area contributed by atoms with E-state index in [1.807, 2.05) is 48.5 Å². The second-order valence-electron chi connectivity index (χ2n) is 6.47. The normalized spacial score (nSPS) is 10.4. The van der Waals surface area contributed by atoms with Gasteiger partial charge in [0.2, 0.25) is 0 Å². The second-order valence-corrected chi connectivity index (χ2v) is 6.47. The molecule has 0 unspecified atom stereocenters. The fourth-order valence-electron chi connectivity index (χ4n) is 2.91. The molecule has 0 bridgehead atoms. The van der Waals surface area contributed by atoms with Gasteiger partial charge in [0, 0.05) is 6.54 Å². The van der Waals surface area contributed by atoms with Crippen LogP contribution in [0.2, 0.25) is 0 Å². The number of ether oxygens (including phenoxy) is 2. The number of rotatable bonds is 10. The fraction of sp³-hybridized carbons (Fsp3) is 0.250. The van der Waals surface area contributed by atoms with Gasteiger partial charge in [-0.2, -0.15) is 0 Å². The number of aryl methyl sites for hydroxylation is 2. The van der Waals surface area contributed by atoms with E-state index in [1.165, 1.54) is 5.56 Å². The van der Waals surface area contributed by atoms with E-state index < -0.39 is 0 Å². The highest BCUT2D eigenvalue weighted by atomic mass is 16.5. The first-order valence-electron chi connectivity index (χ1n) is 9.51. The summed E-state index contributed by atoms with van der Waals surface area (Å²) in [6.45, 7) is 4.08. The Kier molecular flexibility index (Phi) is 7.16. The molecule has 3 aromatic rings. The molecule has 3 rings (SSSR count). The topological polar surface area (TPSA) is 30.5 Å². The van der Waals surface area contributed by atoms with Gasteiger partial charge >= 0.3 is 0 Å². The predicted molar refractivity (Wildman–Crippen MR) is 112 cm³/mol. The molecule has 0 spiro atoms. The summed E-state index contributed by atoms with van der Waals surface area (Å²) in [7, 11) is 0. The van der Waals surface area contributed by atoms with Gasteiger partial charge in [-0.25, -0.2) is 0 Å². The Morgan fingerprint density at radius 3 is 2.19 bits per heavy atom. The Balaban J connectivity index is 1.42. The zero-order chi connectivity index (χ0) is 18.7. The van der Waals surface area contributed by atoms with Gasteiger partial charge in [0.15, 0.2) is 0 Å². The third kappa shape index (κ3) is 6.07. The first-order chi connectivity index (χ1) is 13.3. The Hall–Kier alpha value is -2.94. The lowest BCUT2D eigenvalue weighted by atomic mass is 10.1. The van der Waals surface area contributed by atoms with E-state index in [1.54, 1.807) is 0 Å². The molecule has 0 saturated heterocycles. The van der Waals surface area contributed by atoms with Crippen LogP contribution in [0.1, 0.15) is 17.5 Å². The molecule has 0 fully saturated rings. The van der Waals surface area contributed by atoms with Gasteiger partial charge in [-0.05, 0) is 49.1 Å². The molecule has 1 N–H and O–H groups in total. The molecular weight excluding hydrogens is 334 g/mol. The van der Waals surface area contributed by atoms with Crippen LogP contribution in [0.4, 0.5) is 5.69 Å². The van der Waals surface area contributed by atoms with Crippen LogP contribution in [-0.2, 0) is 6.42 Å². The first kappa shape index (κ1) is 18.8. The Morgan fingerprint density at radius 1 is 0.704 bits per heavy atom. The molecule has 0 aliphatic rings. The van der Waals surface area contributed by atoms with Crippen molar-refractivity contribution in [2.45, 2.75) is 19.8 Å². The van der Waals surface area contributed by atoms with Gasteiger partial charge in [0.25, 0.3) is 0 Å². The van der Waals surface area contributed by atoms with Crippen molar-refractivity contribution in [3.05, 3.63) is 90.0 Å². The summed E-state index contributed by atoms with van der Waals surface area (Å²) in [5, 5.41) is 3.41. The van der Waals surface area contributed by atoms with Gasteiger partial charge in [-0.1, -0.05) is 60.7 Å². The van der Waals surface area contributed by atoms with Crippen molar-refractivity contribution in [1.82, 2.24) is 0 Å². The smallest absolute Gasteiger partial charge is 0.142 e. The van der Waals surface area contributed by atoms with Gasteiger partial charge in [-0.3, -0.25) is 0 Å². The summed E-state index contributed by atoms with van der Waals surface area (Å²) in [6, 6.07) is 26.7. The molecule has 0 atom stereocenters. The highest BCUT2D eigenvalue weighted by Gasteiger charge is 2.03. The fourth-order valence-corrected chi connectivity index (χ4v) is 2.91. The third-order valence-corrected chi connectivity index (χ3v) is 4.37. The molecule has 0 aromatic heterocycles. The SMILES string of the molecule is Cc1ccccc1OCCNc1ccccc1OCCCc1ccccc1. The van der Waals surface area contributed by atoms with E-state index in [0.29, 0.717) is 13.2 Å². The lowest BCUT2D eigenvalue weighted by Crippen LogP contribution is -2.13. The van der Waals surface area contributed by atoms with Crippen LogP contribution in [0.5, 0.6) is 11.5 Å². The van der Waals surface area contributed by atoms with Gasteiger partial charge in [0.1, 0.15) is 18.1 Å². The molecule has 27 heavy (non-hydrogen) atoms. The highest BCUT2D eigenvalue weighted by Crippen LogP contribution is 2.24. The lowest BCUT2D eigenvalue weighted by Gasteiger charge is -2.14. The van der Waals surface area contributed by atoms with Crippen molar-refractivity contribution in [3.63, 3.8) is 0 Å². The minimum absolute atomic E-state index is 0.604. The Bertz CT molecular complexity index is 817. The van der Waals surface area contributed by atoms with Crippen LogP contribution in [0.3, 0.4) is 0 Å². The van der Waals surface area contributed by atoms with Crippen molar-refractivity contribution in [1.29, 1.82) is 0 Å². The summed E-state index contributed by atoms with van der Waals surface area (Å²) in [6.07, 6.45) is 2.02. The number of hydrogen-bond donors (Lipinski definition) is 1. The zero-order valence-corrected chi connectivity index (χ0v) is 15.9. The minimum Gasteiger partial charge on any atom is -0.491 e. The van der Waals surface area contributed by atoms with Crippen LogP contribution >= 0.6 is 0 Å². The van der Waals surface area contributed by atoms with Crippen LogP contribution in [0.15, 0.2) is 78.9 Å². The van der Waals surface area contributed by atoms with Crippen molar-refractivity contribution in [2.24, 2.45) is 0 Å². The zero-order valence-electron chi connectivity index (χ0n) is 15.9. The van der Waals surface area contributed by atoms with Crippen molar-refractivity contribution >= 4 is 5.69 Å². The van der Waals surface area contributed by atoms with E-state index in [-0.39, 0.29) is 0 Å². The predicted octanol–water partition coefficient (Wildman–Crippen LogP) is 5.50. The summed E-state index contributed by atoms with van der Waals surface area (Å²) in [4.78, 5) is 0. The molecule has 0 amide bonds. The monoisotopic (exact) mass is 361 g/mol. The minimum atomic E-state index is 0.604. The maximum absolute atomic E-state index is 5.99. The molecule has 0 aliphatic carbocycles. The number of nitrogens with one attached hydrogen (secondary N) is 1. The molecule has 0 aliphatic heterocycles. The van der Waals surface area contributed by atoms with Crippen molar-refractivity contribution in [2.75, 3.05) is 25.1 Å². The highest BCUT2D eigenvalue weighted by molar-refractivity contribution is 5.56. The number of benzene rings is 3. The van der Waals surface area contributed by atoms with Crippen molar-refractivity contribution in [3.8, 4) is 11.5 Å². The second kappa shape index (κ2) is 10.3. The average Bonchev–Trinajstić information content (AvgIpc) is 2.71. The molecule has 3 aromatic carbocycles. The van der Waals surface area contributed by atoms with Gasteiger partial charge in [0.05, 0.1) is 12.3 Å². The standard InChI is InChI=1S/C24H27NO2/c1-20-10-5-7-15-23(20)27-19-17-25-22-14-6-8-16-24(22)26-18-9-13-21-11-3-2-4-12-21/h2-8,10-12,14-16,25H,9,13,17-19H2,1H3. The van der Waals surface area contributed by atoms with Crippen LogP contribution in [0, 0.1) is 6.92 Å². The molecule has 0 heterocycles. The third-order valence-electron chi connectivity index (χ3n) is 4.37. The van der Waals surface area contributed by atoms with Gasteiger partial charge < -0.3 is 14.8 Å². The number of para-hydroxylation sites is 3. The molecule has 140 valence electrons. The van der Waals surface area contributed by atoms with Crippen LogP contribution < -0.4 is 14.8 Å². The summed E-state index contributed by atoms with van der Waals surface area (Å²) >= 11 is 0. The van der Waals surface area contributed by atoms with E-state index in [2.05, 4.69) is 42.6 Å². The summed E-state index contributed by atoms with van der Waals surface area (Å²) in [5.41, 5.74) is 3.51. The number of anilines is 1. The largest absolute Gasteiger partial charge is 0.491 e. The lowest BCUT2D eigenvalue weighted by molar-refractivity contribution is 0.311. The summed E-state index contributed by atoms with van der Waals surface area (Å²) in [5.74, 6) is 1.83. The van der Waals surface area contributed by atoms with E-state index in [0.717, 1.165) is 42.1 Å². The quantitative estimate of drug-likeness (QED) is 0.484. The molecular formula is C24H27NO2. The molecule has 3 nitrogen and oxygen atoms in total. The first-order valence-corrected chi connectivity index (χ1v) is 9.51. The maximum Gasteiger partial charge on any atom is 0.142 e. The van der Waals surface area contributed by atoms with E-state index in [4.69, 9.17) is 9.47 Å². The average molecular weight is 361 g/mol. The maximum atomic E-state index is 5.99. The van der Waals surface area contributed by atoms with Crippen molar-refractivity contribution < 1.29 is 9.47 Å². The van der Waals surface area contributed by atoms with Gasteiger partial charge in [-0.15, -0.1) is 0 Å². The molecule has 3 heteroatoms. The molecule has 0 radical (unpaired) electrons. The van der Waals surface area contributed by atoms with E-state index >= 15 is 0 Å². The van der Waals surface area contributed by atoms with Crippen LogP contribution in [-0.4, -0.2) is 19.8 Å².